The van der Waals surface area contributed by atoms with Crippen molar-refractivity contribution in [1.29, 1.82) is 0 Å². The molecule has 0 bridgehead atoms. The van der Waals surface area contributed by atoms with Gasteiger partial charge in [-0.1, -0.05) is 12.2 Å². The van der Waals surface area contributed by atoms with E-state index in [1.54, 1.807) is 0 Å². The number of ether oxygens (including phenoxy) is 1. The van der Waals surface area contributed by atoms with Gasteiger partial charge in [-0.25, -0.2) is 15.0 Å². The molecular formula is C25H23N7O7. The first kappa shape index (κ1) is 25.7. The van der Waals surface area contributed by atoms with Gasteiger partial charge in [0.25, 0.3) is 5.91 Å². The Morgan fingerprint density at radius 2 is 1.85 bits per heavy atom. The van der Waals surface area contributed by atoms with Crippen LogP contribution in [0, 0.1) is 0 Å². The number of anilines is 1. The van der Waals surface area contributed by atoms with Crippen molar-refractivity contribution in [3.8, 4) is 11.5 Å². The molecule has 4 heterocycles. The molecule has 0 spiro atoms. The van der Waals surface area contributed by atoms with Crippen LogP contribution in [0.4, 0.5) is 5.82 Å². The largest absolute Gasteiger partial charge is 0.504 e. The van der Waals surface area contributed by atoms with Gasteiger partial charge in [0.1, 0.15) is 30.2 Å². The first-order valence-electron chi connectivity index (χ1n) is 11.7. The van der Waals surface area contributed by atoms with E-state index >= 15 is 0 Å². The van der Waals surface area contributed by atoms with Crippen LogP contribution in [0.3, 0.4) is 0 Å². The van der Waals surface area contributed by atoms with E-state index in [-0.39, 0.29) is 23.5 Å². The van der Waals surface area contributed by atoms with E-state index in [4.69, 9.17) is 10.5 Å². The van der Waals surface area contributed by atoms with Gasteiger partial charge in [-0.05, 0) is 24.3 Å². The van der Waals surface area contributed by atoms with E-state index in [1.165, 1.54) is 60.0 Å². The van der Waals surface area contributed by atoms with Crippen LogP contribution < -0.4 is 11.1 Å². The second-order valence-corrected chi connectivity index (χ2v) is 8.65. The summed E-state index contributed by atoms with van der Waals surface area (Å²) in [5.41, 5.74) is 6.43. The van der Waals surface area contributed by atoms with Crippen LogP contribution >= 0.6 is 0 Å². The Hall–Kier alpha value is -4.92. The summed E-state index contributed by atoms with van der Waals surface area (Å²) in [6, 6.07) is 5.21. The fourth-order valence-electron chi connectivity index (χ4n) is 4.17. The number of nitrogens with zero attached hydrogens (tertiary/aromatic N) is 5. The monoisotopic (exact) mass is 533 g/mol. The lowest BCUT2D eigenvalue weighted by molar-refractivity contribution is -0.0245. The summed E-state index contributed by atoms with van der Waals surface area (Å²) < 4.78 is 7.23. The highest BCUT2D eigenvalue weighted by Gasteiger charge is 2.43. The number of phenols is 2. The molecule has 7 N–H and O–H groups in total. The number of fused-ring (bicyclic) bond motifs is 1. The fourth-order valence-corrected chi connectivity index (χ4v) is 4.17. The zero-order valence-electron chi connectivity index (χ0n) is 20.1. The molecule has 39 heavy (non-hydrogen) atoms. The van der Waals surface area contributed by atoms with Gasteiger partial charge in [-0.2, -0.15) is 0 Å². The maximum absolute atomic E-state index is 12.7. The highest BCUT2D eigenvalue weighted by atomic mass is 16.6. The van der Waals surface area contributed by atoms with Crippen molar-refractivity contribution in [3.05, 3.63) is 78.2 Å². The Labute approximate surface area is 220 Å². The van der Waals surface area contributed by atoms with Crippen molar-refractivity contribution in [2.75, 3.05) is 12.3 Å². The number of carbonyl (C=O) groups is 2. The predicted molar refractivity (Wildman–Crippen MR) is 135 cm³/mol. The number of nitrogen functional groups attached to an aromatic ring is 1. The summed E-state index contributed by atoms with van der Waals surface area (Å²) in [5, 5.41) is 43.8. The summed E-state index contributed by atoms with van der Waals surface area (Å²) in [4.78, 5) is 41.4. The molecule has 4 atom stereocenters. The fraction of sp³-hybridized carbons (Fsp3) is 0.200. The van der Waals surface area contributed by atoms with Crippen LogP contribution in [-0.2, 0) is 4.74 Å². The second kappa shape index (κ2) is 10.4. The van der Waals surface area contributed by atoms with Crippen LogP contribution in [0.1, 0.15) is 32.5 Å². The number of pyridine rings is 1. The third-order valence-electron chi connectivity index (χ3n) is 6.18. The predicted octanol–water partition coefficient (Wildman–Crippen LogP) is 0.0511. The van der Waals surface area contributed by atoms with Gasteiger partial charge in [-0.15, -0.1) is 0 Å². The van der Waals surface area contributed by atoms with Gasteiger partial charge in [0, 0.05) is 30.1 Å². The van der Waals surface area contributed by atoms with E-state index in [2.05, 4.69) is 25.3 Å². The normalized spacial score (nSPS) is 21.0. The number of aromatic hydroxyl groups is 2. The van der Waals surface area contributed by atoms with Gasteiger partial charge in [-0.3, -0.25) is 19.1 Å². The van der Waals surface area contributed by atoms with Crippen molar-refractivity contribution in [3.63, 3.8) is 0 Å². The molecule has 4 aromatic rings. The Kier molecular flexibility index (Phi) is 6.89. The Morgan fingerprint density at radius 3 is 2.62 bits per heavy atom. The Morgan fingerprint density at radius 1 is 1.08 bits per heavy atom. The van der Waals surface area contributed by atoms with Gasteiger partial charge < -0.3 is 36.2 Å². The van der Waals surface area contributed by atoms with Gasteiger partial charge in [0.05, 0.1) is 11.9 Å². The summed E-state index contributed by atoms with van der Waals surface area (Å²) in [6.45, 7) is -0.0628. The molecule has 1 saturated heterocycles. The lowest BCUT2D eigenvalue weighted by Crippen LogP contribution is -2.31. The highest BCUT2D eigenvalue weighted by molar-refractivity contribution is 6.11. The van der Waals surface area contributed by atoms with Gasteiger partial charge in [0.15, 0.2) is 35.0 Å². The molecule has 1 aliphatic rings. The van der Waals surface area contributed by atoms with E-state index in [9.17, 15) is 30.0 Å². The molecule has 1 amide bonds. The summed E-state index contributed by atoms with van der Waals surface area (Å²) in [5.74, 6) is -2.38. The van der Waals surface area contributed by atoms with Crippen LogP contribution in [-0.4, -0.2) is 81.5 Å². The number of aliphatic hydroxyl groups is 2. The third kappa shape index (κ3) is 4.86. The summed E-state index contributed by atoms with van der Waals surface area (Å²) in [6.07, 6.45) is 3.87. The number of amides is 1. The minimum absolute atomic E-state index is 0.00116. The number of rotatable bonds is 7. The van der Waals surface area contributed by atoms with Gasteiger partial charge in [0.2, 0.25) is 0 Å². The maximum atomic E-state index is 12.7. The molecule has 14 heteroatoms. The molecule has 3 aromatic heterocycles. The number of nitrogens with two attached hydrogens (primary N) is 1. The zero-order chi connectivity index (χ0) is 27.7. The molecule has 0 aliphatic carbocycles. The summed E-state index contributed by atoms with van der Waals surface area (Å²) in [7, 11) is 0. The van der Waals surface area contributed by atoms with Crippen molar-refractivity contribution in [1.82, 2.24) is 29.8 Å². The van der Waals surface area contributed by atoms with Crippen molar-refractivity contribution >= 4 is 28.7 Å². The van der Waals surface area contributed by atoms with Crippen LogP contribution in [0.2, 0.25) is 0 Å². The number of aromatic nitrogens is 5. The molecule has 1 aliphatic heterocycles. The number of ketones is 1. The van der Waals surface area contributed by atoms with Crippen molar-refractivity contribution in [2.24, 2.45) is 0 Å². The molecule has 0 saturated carbocycles. The number of benzene rings is 1. The zero-order valence-corrected chi connectivity index (χ0v) is 20.1. The smallest absolute Gasteiger partial charge is 0.255 e. The van der Waals surface area contributed by atoms with Crippen molar-refractivity contribution < 1.29 is 34.8 Å². The minimum Gasteiger partial charge on any atom is -0.504 e. The molecule has 1 aromatic carbocycles. The van der Waals surface area contributed by atoms with E-state index < -0.39 is 47.7 Å². The number of hydrogen-bond acceptors (Lipinski definition) is 12. The molecule has 200 valence electrons. The number of hydrogen-bond donors (Lipinski definition) is 6. The van der Waals surface area contributed by atoms with Crippen LogP contribution in [0.5, 0.6) is 11.5 Å². The number of aliphatic hydroxyl groups excluding tert-OH is 2. The number of nitrogens with one attached hydrogen (secondary N) is 1. The van der Waals surface area contributed by atoms with Crippen molar-refractivity contribution in [2.45, 2.75) is 24.5 Å². The minimum atomic E-state index is -1.32. The maximum Gasteiger partial charge on any atom is 0.255 e. The highest BCUT2D eigenvalue weighted by Crippen LogP contribution is 2.33. The Balaban J connectivity index is 1.25. The standard InChI is InChI=1S/C25H23N7O7/c26-22-17-23(30-10-29-22)32(11-31-17)25-21(37)20(36)16(39-25)2-1-5-28-24(38)14-8-13(9-15(33)19(14)35)18(34)12-3-6-27-7-4-12/h1-4,6-11,16,20-21,25,33,35-37H,5H2,(H,28,38)(H2,26,29,30)/t16?,20?,21-,25?/m1/s1. The van der Waals surface area contributed by atoms with Gasteiger partial charge >= 0.3 is 0 Å². The molecular weight excluding hydrogens is 510 g/mol. The quantitative estimate of drug-likeness (QED) is 0.105. The average Bonchev–Trinajstić information content (AvgIpc) is 3.49. The topological polar surface area (TPSA) is 219 Å². The van der Waals surface area contributed by atoms with E-state index in [0.29, 0.717) is 16.7 Å². The first-order valence-corrected chi connectivity index (χ1v) is 11.7. The number of imidazole rings is 1. The molecule has 14 nitrogen and oxygen atoms in total. The summed E-state index contributed by atoms with van der Waals surface area (Å²) >= 11 is 0. The average molecular weight is 534 g/mol. The number of carbonyl (C=O) groups excluding carboxylic acids is 2. The van der Waals surface area contributed by atoms with Crippen LogP contribution in [0.15, 0.2) is 61.5 Å². The molecule has 1 fully saturated rings. The SMILES string of the molecule is Nc1ncnc2c1ncn2C1OC(C=CCNC(=O)c2cc(C(=O)c3ccncc3)cc(O)c2O)C(O)[C@H]1O. The lowest BCUT2D eigenvalue weighted by Gasteiger charge is -2.16. The molecule has 5 rings (SSSR count). The second-order valence-electron chi connectivity index (χ2n) is 8.65. The first-order chi connectivity index (χ1) is 18.8. The van der Waals surface area contributed by atoms with E-state index in [1.807, 2.05) is 0 Å². The Bertz CT molecular complexity index is 1570. The van der Waals surface area contributed by atoms with E-state index in [0.717, 1.165) is 6.07 Å². The van der Waals surface area contributed by atoms with Crippen LogP contribution in [0.25, 0.3) is 11.2 Å². The molecule has 0 radical (unpaired) electrons. The number of phenolic OH excluding ortho intramolecular Hbond substituents is 2. The molecule has 3 unspecified atom stereocenters. The lowest BCUT2D eigenvalue weighted by atomic mass is 10.0. The third-order valence-corrected chi connectivity index (χ3v) is 6.18.